The highest BCUT2D eigenvalue weighted by molar-refractivity contribution is 5.77. The first kappa shape index (κ1) is 15.5. The molecule has 2 fully saturated rings. The van der Waals surface area contributed by atoms with Crippen LogP contribution in [0.2, 0.25) is 0 Å². The lowest BCUT2D eigenvalue weighted by Crippen LogP contribution is -2.35. The molecule has 2 aliphatic rings. The van der Waals surface area contributed by atoms with Crippen LogP contribution in [0.4, 0.5) is 0 Å². The lowest BCUT2D eigenvalue weighted by atomic mass is 10.1. The van der Waals surface area contributed by atoms with Crippen LogP contribution in [0.5, 0.6) is 0 Å². The zero-order valence-corrected chi connectivity index (χ0v) is 13.1. The molecule has 0 aliphatic carbocycles. The van der Waals surface area contributed by atoms with Gasteiger partial charge in [0.25, 0.3) is 0 Å². The van der Waals surface area contributed by atoms with E-state index in [2.05, 4.69) is 4.90 Å². The maximum atomic E-state index is 12.1. The largest absolute Gasteiger partial charge is 0.468 e. The van der Waals surface area contributed by atoms with Crippen LogP contribution < -0.4 is 0 Å². The maximum absolute atomic E-state index is 12.1. The van der Waals surface area contributed by atoms with Crippen LogP contribution in [0.15, 0.2) is 22.8 Å². The second-order valence-electron chi connectivity index (χ2n) is 5.92. The molecule has 22 heavy (non-hydrogen) atoms. The Labute approximate surface area is 131 Å². The molecule has 2 aliphatic heterocycles. The molecule has 0 bridgehead atoms. The van der Waals surface area contributed by atoms with E-state index in [1.165, 1.54) is 0 Å². The minimum Gasteiger partial charge on any atom is -0.468 e. The Morgan fingerprint density at radius 1 is 1.41 bits per heavy atom. The summed E-state index contributed by atoms with van der Waals surface area (Å²) in [5.74, 6) is 1.40. The Kier molecular flexibility index (Phi) is 5.12. The summed E-state index contributed by atoms with van der Waals surface area (Å²) in [5, 5.41) is 0. The van der Waals surface area contributed by atoms with Crippen LogP contribution in [-0.4, -0.2) is 67.8 Å². The second kappa shape index (κ2) is 7.26. The molecule has 0 radical (unpaired) electrons. The van der Waals surface area contributed by atoms with Crippen molar-refractivity contribution in [2.24, 2.45) is 5.92 Å². The van der Waals surface area contributed by atoms with Crippen LogP contribution in [0.3, 0.4) is 0 Å². The van der Waals surface area contributed by atoms with Gasteiger partial charge in [-0.1, -0.05) is 0 Å². The number of furan rings is 1. The van der Waals surface area contributed by atoms with Gasteiger partial charge >= 0.3 is 0 Å². The first-order valence-corrected chi connectivity index (χ1v) is 7.98. The molecular formula is C16H24N2O4. The van der Waals surface area contributed by atoms with E-state index in [1.807, 2.05) is 24.0 Å². The van der Waals surface area contributed by atoms with Gasteiger partial charge in [-0.05, 0) is 19.1 Å². The highest BCUT2D eigenvalue weighted by atomic mass is 16.5. The first-order valence-electron chi connectivity index (χ1n) is 7.98. The van der Waals surface area contributed by atoms with Gasteiger partial charge in [0, 0.05) is 38.7 Å². The van der Waals surface area contributed by atoms with Gasteiger partial charge in [-0.2, -0.15) is 0 Å². The lowest BCUT2D eigenvalue weighted by molar-refractivity contribution is -0.135. The van der Waals surface area contributed by atoms with Crippen molar-refractivity contribution >= 4 is 5.91 Å². The normalized spacial score (nSPS) is 26.0. The molecule has 0 N–H and O–H groups in total. The molecule has 1 amide bonds. The summed E-state index contributed by atoms with van der Waals surface area (Å²) in [6.45, 7) is 7.42. The number of rotatable bonds is 5. The number of ether oxygens (including phenoxy) is 2. The third-order valence-electron chi connectivity index (χ3n) is 4.36. The van der Waals surface area contributed by atoms with Gasteiger partial charge in [0.15, 0.2) is 0 Å². The molecule has 122 valence electrons. The summed E-state index contributed by atoms with van der Waals surface area (Å²) in [4.78, 5) is 16.3. The highest BCUT2D eigenvalue weighted by Crippen LogP contribution is 2.24. The Bertz CT molecular complexity index is 477. The fraction of sp³-hybridized carbons (Fsp3) is 0.688. The zero-order chi connectivity index (χ0) is 15.4. The van der Waals surface area contributed by atoms with Gasteiger partial charge < -0.3 is 18.8 Å². The lowest BCUT2D eigenvalue weighted by Gasteiger charge is -2.22. The average molecular weight is 308 g/mol. The Morgan fingerprint density at radius 3 is 3.09 bits per heavy atom. The molecule has 6 nitrogen and oxygen atoms in total. The highest BCUT2D eigenvalue weighted by Gasteiger charge is 2.38. The molecule has 2 saturated heterocycles. The number of likely N-dealkylation sites (tertiary alicyclic amines) is 1. The topological polar surface area (TPSA) is 55.2 Å². The van der Waals surface area contributed by atoms with Crippen molar-refractivity contribution in [3.63, 3.8) is 0 Å². The van der Waals surface area contributed by atoms with Crippen molar-refractivity contribution in [2.45, 2.75) is 19.6 Å². The first-order chi connectivity index (χ1) is 10.8. The van der Waals surface area contributed by atoms with Gasteiger partial charge in [-0.25, -0.2) is 0 Å². The number of fused-ring (bicyclic) bond motifs is 1. The monoisotopic (exact) mass is 308 g/mol. The minimum absolute atomic E-state index is 0.0658. The van der Waals surface area contributed by atoms with Crippen LogP contribution in [0.1, 0.15) is 12.7 Å². The molecule has 0 spiro atoms. The SMILES string of the molecule is CCOCC(=O)N1C[C@@H]2CN(Cc3ccco3)CCO[C@@H]2C1. The predicted molar refractivity (Wildman–Crippen MR) is 80.3 cm³/mol. The summed E-state index contributed by atoms with van der Waals surface area (Å²) in [6.07, 6.45) is 1.85. The molecule has 3 heterocycles. The van der Waals surface area contributed by atoms with Crippen LogP contribution >= 0.6 is 0 Å². The summed E-state index contributed by atoms with van der Waals surface area (Å²) >= 11 is 0. The van der Waals surface area contributed by atoms with Crippen molar-refractivity contribution < 1.29 is 18.7 Å². The van der Waals surface area contributed by atoms with Gasteiger partial charge in [0.1, 0.15) is 12.4 Å². The Hall–Kier alpha value is -1.37. The molecule has 1 aromatic rings. The van der Waals surface area contributed by atoms with Gasteiger partial charge in [-0.3, -0.25) is 9.69 Å². The van der Waals surface area contributed by atoms with Crippen molar-refractivity contribution in [3.8, 4) is 0 Å². The number of carbonyl (C=O) groups is 1. The van der Waals surface area contributed by atoms with Gasteiger partial charge in [0.05, 0.1) is 25.5 Å². The molecule has 2 atom stereocenters. The third-order valence-corrected chi connectivity index (χ3v) is 4.36. The fourth-order valence-corrected chi connectivity index (χ4v) is 3.21. The Balaban J connectivity index is 1.55. The summed E-state index contributed by atoms with van der Waals surface area (Å²) in [6, 6.07) is 3.91. The number of carbonyl (C=O) groups excluding carboxylic acids is 1. The van der Waals surface area contributed by atoms with E-state index in [-0.39, 0.29) is 18.6 Å². The van der Waals surface area contributed by atoms with E-state index >= 15 is 0 Å². The standard InChI is InChI=1S/C16H24N2O4/c1-2-20-12-16(19)18-9-13-8-17(5-7-22-15(13)11-18)10-14-4-3-6-21-14/h3-4,6,13,15H,2,5,7-12H2,1H3/t13-,15+/m0/s1. The van der Waals surface area contributed by atoms with E-state index in [1.54, 1.807) is 6.26 Å². The van der Waals surface area contributed by atoms with E-state index in [4.69, 9.17) is 13.9 Å². The van der Waals surface area contributed by atoms with Crippen molar-refractivity contribution in [1.29, 1.82) is 0 Å². The second-order valence-corrected chi connectivity index (χ2v) is 5.92. The number of amides is 1. The zero-order valence-electron chi connectivity index (χ0n) is 13.1. The molecular weight excluding hydrogens is 284 g/mol. The molecule has 6 heteroatoms. The van der Waals surface area contributed by atoms with Crippen LogP contribution in [0.25, 0.3) is 0 Å². The van der Waals surface area contributed by atoms with E-state index < -0.39 is 0 Å². The Morgan fingerprint density at radius 2 is 2.32 bits per heavy atom. The molecule has 0 aromatic carbocycles. The third kappa shape index (κ3) is 3.69. The number of nitrogens with zero attached hydrogens (tertiary/aromatic N) is 2. The van der Waals surface area contributed by atoms with Crippen molar-refractivity contribution in [2.75, 3.05) is 46.0 Å². The van der Waals surface area contributed by atoms with Crippen LogP contribution in [0, 0.1) is 5.92 Å². The van der Waals surface area contributed by atoms with Crippen LogP contribution in [-0.2, 0) is 20.8 Å². The maximum Gasteiger partial charge on any atom is 0.248 e. The quantitative estimate of drug-likeness (QED) is 0.811. The molecule has 1 aromatic heterocycles. The molecule has 3 rings (SSSR count). The number of hydrogen-bond donors (Lipinski definition) is 0. The summed E-state index contributed by atoms with van der Waals surface area (Å²) < 4.78 is 16.6. The molecule has 0 unspecified atom stereocenters. The van der Waals surface area contributed by atoms with E-state index in [0.29, 0.717) is 25.7 Å². The fourth-order valence-electron chi connectivity index (χ4n) is 3.21. The number of hydrogen-bond acceptors (Lipinski definition) is 5. The van der Waals surface area contributed by atoms with Gasteiger partial charge in [-0.15, -0.1) is 0 Å². The van der Waals surface area contributed by atoms with Crippen molar-refractivity contribution in [3.05, 3.63) is 24.2 Å². The van der Waals surface area contributed by atoms with Gasteiger partial charge in [0.2, 0.25) is 5.91 Å². The van der Waals surface area contributed by atoms with E-state index in [0.717, 1.165) is 31.9 Å². The predicted octanol–water partition coefficient (Wildman–Crippen LogP) is 0.975. The smallest absolute Gasteiger partial charge is 0.248 e. The molecule has 0 saturated carbocycles. The summed E-state index contributed by atoms with van der Waals surface area (Å²) in [5.41, 5.74) is 0. The summed E-state index contributed by atoms with van der Waals surface area (Å²) in [7, 11) is 0. The minimum atomic E-state index is 0.0658. The van der Waals surface area contributed by atoms with Crippen molar-refractivity contribution in [1.82, 2.24) is 9.80 Å². The van der Waals surface area contributed by atoms with E-state index in [9.17, 15) is 4.79 Å². The average Bonchev–Trinajstić information content (AvgIpc) is 3.12.